The highest BCUT2D eigenvalue weighted by atomic mass is 32.2. The Bertz CT molecular complexity index is 1210. The van der Waals surface area contributed by atoms with Crippen LogP contribution in [0.5, 0.6) is 0 Å². The molecule has 3 aromatic rings. The molecular formula is C24H29N3O4S3. The smallest absolute Gasteiger partial charge is 0.228 e. The lowest BCUT2D eigenvalue weighted by atomic mass is 10.3. The van der Waals surface area contributed by atoms with E-state index in [0.717, 1.165) is 36.5 Å². The van der Waals surface area contributed by atoms with Crippen molar-refractivity contribution in [1.29, 1.82) is 0 Å². The molecule has 0 radical (unpaired) electrons. The van der Waals surface area contributed by atoms with E-state index in [1.165, 1.54) is 22.5 Å². The van der Waals surface area contributed by atoms with Gasteiger partial charge in [0.25, 0.3) is 0 Å². The summed E-state index contributed by atoms with van der Waals surface area (Å²) in [6.07, 6.45) is 2.36. The molecule has 2 aromatic carbocycles. The molecule has 2 heterocycles. The summed E-state index contributed by atoms with van der Waals surface area (Å²) in [5.74, 6) is 0.868. The Labute approximate surface area is 209 Å². The minimum absolute atomic E-state index is 0.0156. The largest absolute Gasteiger partial charge is 0.379 e. The lowest BCUT2D eigenvalue weighted by Crippen LogP contribution is -2.43. The van der Waals surface area contributed by atoms with E-state index in [4.69, 9.17) is 4.74 Å². The van der Waals surface area contributed by atoms with Gasteiger partial charge in [-0.3, -0.25) is 14.6 Å². The van der Waals surface area contributed by atoms with Gasteiger partial charge < -0.3 is 4.74 Å². The zero-order valence-corrected chi connectivity index (χ0v) is 21.6. The Kier molecular flexibility index (Phi) is 8.60. The molecule has 0 atom stereocenters. The molecule has 10 heteroatoms. The molecule has 0 saturated carbocycles. The van der Waals surface area contributed by atoms with Crippen molar-refractivity contribution in [3.8, 4) is 0 Å². The number of carbonyl (C=O) groups excluding carboxylic acids is 1. The number of anilines is 1. The van der Waals surface area contributed by atoms with Gasteiger partial charge in [0.1, 0.15) is 5.52 Å². The first-order valence-electron chi connectivity index (χ1n) is 11.3. The molecule has 0 unspecified atom stereocenters. The maximum atomic E-state index is 13.3. The summed E-state index contributed by atoms with van der Waals surface area (Å²) in [7, 11) is -3.42. The van der Waals surface area contributed by atoms with Gasteiger partial charge >= 0.3 is 0 Å². The van der Waals surface area contributed by atoms with E-state index in [-0.39, 0.29) is 10.8 Å². The third kappa shape index (κ3) is 6.57. The van der Waals surface area contributed by atoms with Gasteiger partial charge in [0, 0.05) is 43.8 Å². The first kappa shape index (κ1) is 25.1. The first-order valence-corrected chi connectivity index (χ1v) is 15.0. The lowest BCUT2D eigenvalue weighted by molar-refractivity contribution is -0.118. The number of aromatic nitrogens is 1. The number of hydrogen-bond acceptors (Lipinski definition) is 8. The minimum atomic E-state index is -3.42. The minimum Gasteiger partial charge on any atom is -0.379 e. The average molecular weight is 520 g/mol. The SMILES string of the molecule is CS(=O)(=O)c1cccc2sc(N(CCN3CCOCC3)C(=O)CCCSc3ccccc3)nc12. The highest BCUT2D eigenvalue weighted by molar-refractivity contribution is 7.99. The summed E-state index contributed by atoms with van der Waals surface area (Å²) < 4.78 is 30.7. The summed E-state index contributed by atoms with van der Waals surface area (Å²) in [5, 5.41) is 0.556. The van der Waals surface area contributed by atoms with Crippen molar-refractivity contribution in [2.75, 3.05) is 56.3 Å². The zero-order chi connectivity index (χ0) is 24.0. The summed E-state index contributed by atoms with van der Waals surface area (Å²) >= 11 is 3.11. The number of ether oxygens (including phenoxy) is 1. The van der Waals surface area contributed by atoms with Crippen LogP contribution in [0.2, 0.25) is 0 Å². The van der Waals surface area contributed by atoms with Crippen LogP contribution in [0.25, 0.3) is 10.2 Å². The average Bonchev–Trinajstić information content (AvgIpc) is 3.26. The molecule has 34 heavy (non-hydrogen) atoms. The van der Waals surface area contributed by atoms with Crippen LogP contribution < -0.4 is 4.90 Å². The van der Waals surface area contributed by atoms with Crippen molar-refractivity contribution in [2.45, 2.75) is 22.6 Å². The standard InChI is InChI=1S/C24H29N3O4S3/c1-34(29,30)21-10-5-9-20-23(21)25-24(33-20)27(13-12-26-14-16-31-17-15-26)22(28)11-6-18-32-19-7-3-2-4-8-19/h2-5,7-10H,6,11-18H2,1H3. The van der Waals surface area contributed by atoms with E-state index in [1.54, 1.807) is 28.8 Å². The van der Waals surface area contributed by atoms with Crippen LogP contribution >= 0.6 is 23.1 Å². The van der Waals surface area contributed by atoms with Crippen molar-refractivity contribution in [1.82, 2.24) is 9.88 Å². The van der Waals surface area contributed by atoms with E-state index >= 15 is 0 Å². The van der Waals surface area contributed by atoms with Crippen LogP contribution in [0.15, 0.2) is 58.3 Å². The van der Waals surface area contributed by atoms with E-state index in [9.17, 15) is 13.2 Å². The topological polar surface area (TPSA) is 79.8 Å². The second kappa shape index (κ2) is 11.6. The number of morpholine rings is 1. The molecule has 1 saturated heterocycles. The van der Waals surface area contributed by atoms with Crippen LogP contribution in [0.4, 0.5) is 5.13 Å². The Hall–Kier alpha value is -1.98. The Balaban J connectivity index is 1.49. The van der Waals surface area contributed by atoms with Crippen LogP contribution in [0.1, 0.15) is 12.8 Å². The third-order valence-electron chi connectivity index (χ3n) is 5.59. The molecule has 1 fully saturated rings. The molecule has 1 amide bonds. The highest BCUT2D eigenvalue weighted by Gasteiger charge is 2.23. The molecular weight excluding hydrogens is 490 g/mol. The van der Waals surface area contributed by atoms with Gasteiger partial charge in [-0.1, -0.05) is 35.6 Å². The van der Waals surface area contributed by atoms with Gasteiger partial charge in [0.05, 0.1) is 22.8 Å². The monoisotopic (exact) mass is 519 g/mol. The molecule has 1 aromatic heterocycles. The molecule has 182 valence electrons. The number of para-hydroxylation sites is 1. The van der Waals surface area contributed by atoms with Crippen LogP contribution in [-0.2, 0) is 19.4 Å². The number of thiazole rings is 1. The normalized spacial score (nSPS) is 15.0. The Morgan fingerprint density at radius 2 is 1.91 bits per heavy atom. The number of sulfone groups is 1. The maximum Gasteiger partial charge on any atom is 0.228 e. The number of fused-ring (bicyclic) bond motifs is 1. The predicted octanol–water partition coefficient (Wildman–Crippen LogP) is 3.94. The quantitative estimate of drug-likeness (QED) is 0.297. The van der Waals surface area contributed by atoms with Crippen LogP contribution in [0, 0.1) is 0 Å². The summed E-state index contributed by atoms with van der Waals surface area (Å²) in [5.41, 5.74) is 0.439. The molecule has 1 aliphatic heterocycles. The fourth-order valence-corrected chi connectivity index (χ4v) is 6.59. The maximum absolute atomic E-state index is 13.3. The number of benzene rings is 2. The fourth-order valence-electron chi connectivity index (χ4n) is 3.78. The van der Waals surface area contributed by atoms with Crippen molar-refractivity contribution in [3.05, 3.63) is 48.5 Å². The van der Waals surface area contributed by atoms with Crippen molar-refractivity contribution in [3.63, 3.8) is 0 Å². The van der Waals surface area contributed by atoms with Crippen molar-refractivity contribution < 1.29 is 17.9 Å². The Morgan fingerprint density at radius 1 is 1.15 bits per heavy atom. The van der Waals surface area contributed by atoms with E-state index in [1.807, 2.05) is 24.3 Å². The van der Waals surface area contributed by atoms with Gasteiger partial charge in [0.2, 0.25) is 5.91 Å². The van der Waals surface area contributed by atoms with Gasteiger partial charge in [-0.25, -0.2) is 13.4 Å². The van der Waals surface area contributed by atoms with Gasteiger partial charge in [0.15, 0.2) is 15.0 Å². The van der Waals surface area contributed by atoms with Gasteiger partial charge in [-0.15, -0.1) is 11.8 Å². The first-order chi connectivity index (χ1) is 16.4. The second-order valence-electron chi connectivity index (χ2n) is 8.14. The summed E-state index contributed by atoms with van der Waals surface area (Å²) in [4.78, 5) is 23.4. The van der Waals surface area contributed by atoms with E-state index in [0.29, 0.717) is 36.8 Å². The van der Waals surface area contributed by atoms with Gasteiger partial charge in [-0.05, 0) is 36.4 Å². The molecule has 0 N–H and O–H groups in total. The molecule has 7 nitrogen and oxygen atoms in total. The summed E-state index contributed by atoms with van der Waals surface area (Å²) in [6.45, 7) is 4.32. The van der Waals surface area contributed by atoms with Crippen molar-refractivity contribution in [2.24, 2.45) is 0 Å². The number of hydrogen-bond donors (Lipinski definition) is 0. The lowest BCUT2D eigenvalue weighted by Gasteiger charge is -2.29. The number of rotatable bonds is 10. The number of nitrogens with zero attached hydrogens (tertiary/aromatic N) is 3. The van der Waals surface area contributed by atoms with Gasteiger partial charge in [-0.2, -0.15) is 0 Å². The van der Waals surface area contributed by atoms with Crippen LogP contribution in [0.3, 0.4) is 0 Å². The Morgan fingerprint density at radius 3 is 2.65 bits per heavy atom. The van der Waals surface area contributed by atoms with Crippen molar-refractivity contribution >= 4 is 54.2 Å². The molecule has 0 bridgehead atoms. The second-order valence-corrected chi connectivity index (χ2v) is 12.3. The summed E-state index contributed by atoms with van der Waals surface area (Å²) in [6, 6.07) is 15.3. The zero-order valence-electron chi connectivity index (χ0n) is 19.2. The van der Waals surface area contributed by atoms with E-state index < -0.39 is 9.84 Å². The molecule has 0 aliphatic carbocycles. The predicted molar refractivity (Wildman–Crippen MR) is 139 cm³/mol. The molecule has 4 rings (SSSR count). The highest BCUT2D eigenvalue weighted by Crippen LogP contribution is 2.33. The number of amides is 1. The van der Waals surface area contributed by atoms with E-state index in [2.05, 4.69) is 22.0 Å². The number of thioether (sulfide) groups is 1. The molecule has 1 aliphatic rings. The van der Waals surface area contributed by atoms with Crippen LogP contribution in [-0.4, -0.2) is 75.6 Å². The number of carbonyl (C=O) groups is 1. The molecule has 0 spiro atoms. The fraction of sp³-hybridized carbons (Fsp3) is 0.417. The third-order valence-corrected chi connectivity index (χ3v) is 8.86.